The zero-order valence-corrected chi connectivity index (χ0v) is 19.1. The molecule has 9 nitrogen and oxygen atoms in total. The van der Waals surface area contributed by atoms with Crippen LogP contribution in [-0.4, -0.2) is 57.3 Å². The number of benzene rings is 1. The lowest BCUT2D eigenvalue weighted by molar-refractivity contribution is -0.122. The summed E-state index contributed by atoms with van der Waals surface area (Å²) in [6, 6.07) is 5.65. The molecule has 2 heterocycles. The maximum Gasteiger partial charge on any atom is 0.341 e. The Hall–Kier alpha value is -2.76. The monoisotopic (exact) mass is 477 g/mol. The SMILES string of the molecule is COC(=O)c1c(NC(=O)c2cccc(S(=O)(=O)N3CCNC(=O)C3)c2)sc2c1CCCC2. The largest absolute Gasteiger partial charge is 0.465 e. The summed E-state index contributed by atoms with van der Waals surface area (Å²) >= 11 is 1.36. The van der Waals surface area contributed by atoms with Crippen molar-refractivity contribution in [2.45, 2.75) is 30.6 Å². The molecule has 0 atom stereocenters. The van der Waals surface area contributed by atoms with Gasteiger partial charge in [0, 0.05) is 23.5 Å². The number of thiophene rings is 1. The number of amides is 2. The molecule has 2 N–H and O–H groups in total. The summed E-state index contributed by atoms with van der Waals surface area (Å²) in [5.74, 6) is -1.40. The third-order valence-electron chi connectivity index (χ3n) is 5.53. The molecule has 2 aromatic rings. The highest BCUT2D eigenvalue weighted by molar-refractivity contribution is 7.89. The number of hydrogen-bond acceptors (Lipinski definition) is 7. The zero-order valence-electron chi connectivity index (χ0n) is 17.5. The van der Waals surface area contributed by atoms with Crippen LogP contribution in [0.1, 0.15) is 44.0 Å². The van der Waals surface area contributed by atoms with Crippen molar-refractivity contribution < 1.29 is 27.5 Å². The van der Waals surface area contributed by atoms with E-state index in [2.05, 4.69) is 10.6 Å². The fourth-order valence-electron chi connectivity index (χ4n) is 3.91. The Morgan fingerprint density at radius 2 is 2.00 bits per heavy atom. The molecule has 1 fully saturated rings. The van der Waals surface area contributed by atoms with Crippen molar-refractivity contribution in [3.05, 3.63) is 45.8 Å². The number of methoxy groups -OCH3 is 1. The first-order valence-electron chi connectivity index (χ1n) is 10.2. The molecule has 11 heteroatoms. The van der Waals surface area contributed by atoms with E-state index in [9.17, 15) is 22.8 Å². The van der Waals surface area contributed by atoms with Crippen LogP contribution in [0, 0.1) is 0 Å². The van der Waals surface area contributed by atoms with Gasteiger partial charge in [-0.05, 0) is 49.4 Å². The number of aryl methyl sites for hydroxylation is 1. The molecule has 0 saturated carbocycles. The van der Waals surface area contributed by atoms with Crippen LogP contribution in [0.15, 0.2) is 29.2 Å². The van der Waals surface area contributed by atoms with Crippen molar-refractivity contribution in [1.29, 1.82) is 0 Å². The van der Waals surface area contributed by atoms with Gasteiger partial charge < -0.3 is 15.4 Å². The van der Waals surface area contributed by atoms with E-state index in [4.69, 9.17) is 4.74 Å². The Kier molecular flexibility index (Phi) is 6.31. The van der Waals surface area contributed by atoms with Crippen LogP contribution >= 0.6 is 11.3 Å². The van der Waals surface area contributed by atoms with Crippen LogP contribution in [0.25, 0.3) is 0 Å². The highest BCUT2D eigenvalue weighted by Gasteiger charge is 2.30. The second-order valence-corrected chi connectivity index (χ2v) is 10.6. The summed E-state index contributed by atoms with van der Waals surface area (Å²) in [5, 5.41) is 5.77. The van der Waals surface area contributed by atoms with E-state index in [-0.39, 0.29) is 36.0 Å². The number of rotatable bonds is 5. The van der Waals surface area contributed by atoms with Gasteiger partial charge in [0.2, 0.25) is 15.9 Å². The molecule has 1 aromatic carbocycles. The minimum Gasteiger partial charge on any atom is -0.465 e. The number of ether oxygens (including phenoxy) is 1. The van der Waals surface area contributed by atoms with E-state index in [0.717, 1.165) is 40.4 Å². The van der Waals surface area contributed by atoms with Gasteiger partial charge >= 0.3 is 5.97 Å². The molecule has 1 aliphatic carbocycles. The van der Waals surface area contributed by atoms with Gasteiger partial charge in [0.05, 0.1) is 24.1 Å². The molecule has 170 valence electrons. The maximum atomic E-state index is 13.0. The Balaban J connectivity index is 1.61. The quantitative estimate of drug-likeness (QED) is 0.633. The minimum absolute atomic E-state index is 0.0708. The van der Waals surface area contributed by atoms with E-state index in [1.807, 2.05) is 0 Å². The number of nitrogens with one attached hydrogen (secondary N) is 2. The molecule has 0 spiro atoms. The summed E-state index contributed by atoms with van der Waals surface area (Å²) in [5.41, 5.74) is 1.43. The third kappa shape index (κ3) is 4.27. The standard InChI is InChI=1S/C21H23N3O6S2/c1-30-21(27)18-15-7-2-3-8-16(15)31-20(18)23-19(26)13-5-4-6-14(11-13)32(28,29)24-10-9-22-17(25)12-24/h4-6,11H,2-3,7-10,12H2,1H3,(H,22,25)(H,23,26). The molecular weight excluding hydrogens is 454 g/mol. The van der Waals surface area contributed by atoms with Crippen LogP contribution in [0.5, 0.6) is 0 Å². The lowest BCUT2D eigenvalue weighted by atomic mass is 9.95. The molecule has 0 unspecified atom stereocenters. The van der Waals surface area contributed by atoms with Crippen molar-refractivity contribution in [2.75, 3.05) is 32.1 Å². The number of piperazine rings is 1. The van der Waals surface area contributed by atoms with Crippen LogP contribution in [0.2, 0.25) is 0 Å². The lowest BCUT2D eigenvalue weighted by Crippen LogP contribution is -2.49. The first-order chi connectivity index (χ1) is 15.3. The van der Waals surface area contributed by atoms with Gasteiger partial charge in [0.25, 0.3) is 5.91 Å². The number of fused-ring (bicyclic) bond motifs is 1. The Bertz CT molecular complexity index is 1190. The van der Waals surface area contributed by atoms with Gasteiger partial charge in [-0.3, -0.25) is 9.59 Å². The fourth-order valence-corrected chi connectivity index (χ4v) is 6.63. The van der Waals surface area contributed by atoms with Crippen LogP contribution in [0.4, 0.5) is 5.00 Å². The lowest BCUT2D eigenvalue weighted by Gasteiger charge is -2.26. The van der Waals surface area contributed by atoms with Crippen molar-refractivity contribution >= 4 is 44.1 Å². The predicted molar refractivity (Wildman–Crippen MR) is 118 cm³/mol. The number of anilines is 1. The smallest absolute Gasteiger partial charge is 0.341 e. The van der Waals surface area contributed by atoms with Gasteiger partial charge in [-0.15, -0.1) is 11.3 Å². The van der Waals surface area contributed by atoms with Crippen molar-refractivity contribution in [1.82, 2.24) is 9.62 Å². The first-order valence-corrected chi connectivity index (χ1v) is 12.5. The maximum absolute atomic E-state index is 13.0. The highest BCUT2D eigenvalue weighted by Crippen LogP contribution is 2.38. The van der Waals surface area contributed by atoms with E-state index < -0.39 is 21.9 Å². The molecular formula is C21H23N3O6S2. The number of carbonyl (C=O) groups excluding carboxylic acids is 3. The van der Waals surface area contributed by atoms with Crippen molar-refractivity contribution in [2.24, 2.45) is 0 Å². The second kappa shape index (κ2) is 9.00. The molecule has 2 amide bonds. The average molecular weight is 478 g/mol. The normalized spacial score (nSPS) is 16.7. The molecule has 1 aliphatic heterocycles. The zero-order chi connectivity index (χ0) is 22.9. The number of carbonyl (C=O) groups is 3. The molecule has 0 radical (unpaired) electrons. The predicted octanol–water partition coefficient (Wildman–Crippen LogP) is 1.79. The highest BCUT2D eigenvalue weighted by atomic mass is 32.2. The van der Waals surface area contributed by atoms with Crippen LogP contribution in [-0.2, 0) is 32.4 Å². The third-order valence-corrected chi connectivity index (χ3v) is 8.57. The molecule has 1 saturated heterocycles. The van der Waals surface area contributed by atoms with Gasteiger partial charge in [-0.1, -0.05) is 6.07 Å². The van der Waals surface area contributed by atoms with E-state index >= 15 is 0 Å². The minimum atomic E-state index is -3.93. The molecule has 1 aromatic heterocycles. The summed E-state index contributed by atoms with van der Waals surface area (Å²) in [7, 11) is -2.63. The topological polar surface area (TPSA) is 122 Å². The number of esters is 1. The Labute approximate surface area is 189 Å². The fraction of sp³-hybridized carbons (Fsp3) is 0.381. The summed E-state index contributed by atoms with van der Waals surface area (Å²) in [6.07, 6.45) is 3.59. The van der Waals surface area contributed by atoms with Gasteiger partial charge in [-0.25, -0.2) is 13.2 Å². The number of sulfonamides is 1. The van der Waals surface area contributed by atoms with Gasteiger partial charge in [0.15, 0.2) is 0 Å². The number of hydrogen-bond donors (Lipinski definition) is 2. The van der Waals surface area contributed by atoms with E-state index in [1.54, 1.807) is 0 Å². The summed E-state index contributed by atoms with van der Waals surface area (Å²) < 4.78 is 31.9. The van der Waals surface area contributed by atoms with Crippen LogP contribution < -0.4 is 10.6 Å². The summed E-state index contributed by atoms with van der Waals surface area (Å²) in [6.45, 7) is 0.132. The number of nitrogens with zero attached hydrogens (tertiary/aromatic N) is 1. The van der Waals surface area contributed by atoms with E-state index in [1.165, 1.54) is 42.7 Å². The molecule has 4 rings (SSSR count). The van der Waals surface area contributed by atoms with Crippen LogP contribution in [0.3, 0.4) is 0 Å². The van der Waals surface area contributed by atoms with Gasteiger partial charge in [0.1, 0.15) is 5.00 Å². The Morgan fingerprint density at radius 1 is 1.22 bits per heavy atom. The summed E-state index contributed by atoms with van der Waals surface area (Å²) in [4.78, 5) is 38.0. The molecule has 32 heavy (non-hydrogen) atoms. The van der Waals surface area contributed by atoms with Crippen molar-refractivity contribution in [3.8, 4) is 0 Å². The van der Waals surface area contributed by atoms with Gasteiger partial charge in [-0.2, -0.15) is 4.31 Å². The average Bonchev–Trinajstić information content (AvgIpc) is 3.16. The second-order valence-electron chi connectivity index (χ2n) is 7.58. The molecule has 2 aliphatic rings. The Morgan fingerprint density at radius 3 is 2.75 bits per heavy atom. The molecule has 0 bridgehead atoms. The van der Waals surface area contributed by atoms with E-state index in [0.29, 0.717) is 10.6 Å². The first kappa shape index (κ1) is 22.4. The van der Waals surface area contributed by atoms with Crippen molar-refractivity contribution in [3.63, 3.8) is 0 Å².